The van der Waals surface area contributed by atoms with Gasteiger partial charge in [0.05, 0.1) is 23.3 Å². The SMILES string of the molecule is CCC(C)OCc1c(Sc2ccccc2)[nH]c(=O)[nH]c1=O. The van der Waals surface area contributed by atoms with Crippen LogP contribution in [-0.2, 0) is 11.3 Å². The van der Waals surface area contributed by atoms with Gasteiger partial charge in [-0.3, -0.25) is 9.78 Å². The largest absolute Gasteiger partial charge is 0.374 e. The number of aromatic nitrogens is 2. The first-order chi connectivity index (χ1) is 10.1. The highest BCUT2D eigenvalue weighted by molar-refractivity contribution is 7.99. The van der Waals surface area contributed by atoms with Gasteiger partial charge in [-0.2, -0.15) is 0 Å². The topological polar surface area (TPSA) is 75.0 Å². The van der Waals surface area contributed by atoms with Crippen molar-refractivity contribution in [3.63, 3.8) is 0 Å². The molecule has 1 atom stereocenters. The van der Waals surface area contributed by atoms with E-state index in [1.165, 1.54) is 11.8 Å². The Morgan fingerprint density at radius 3 is 2.57 bits per heavy atom. The Morgan fingerprint density at radius 2 is 1.90 bits per heavy atom. The summed E-state index contributed by atoms with van der Waals surface area (Å²) in [4.78, 5) is 29.3. The molecule has 1 aromatic heterocycles. The maximum atomic E-state index is 12.0. The van der Waals surface area contributed by atoms with Crippen molar-refractivity contribution in [1.29, 1.82) is 0 Å². The summed E-state index contributed by atoms with van der Waals surface area (Å²) >= 11 is 1.35. The minimum atomic E-state index is -0.509. The van der Waals surface area contributed by atoms with E-state index in [2.05, 4.69) is 9.97 Å². The van der Waals surface area contributed by atoms with E-state index in [1.807, 2.05) is 44.2 Å². The molecule has 0 fully saturated rings. The molecule has 0 spiro atoms. The van der Waals surface area contributed by atoms with Gasteiger partial charge in [0.25, 0.3) is 5.56 Å². The van der Waals surface area contributed by atoms with Gasteiger partial charge in [0.15, 0.2) is 0 Å². The number of hydrogen-bond acceptors (Lipinski definition) is 4. The third kappa shape index (κ3) is 4.34. The molecule has 6 heteroatoms. The van der Waals surface area contributed by atoms with Gasteiger partial charge in [0, 0.05) is 4.90 Å². The van der Waals surface area contributed by atoms with Crippen LogP contribution in [0.4, 0.5) is 0 Å². The smallest absolute Gasteiger partial charge is 0.326 e. The van der Waals surface area contributed by atoms with Crippen LogP contribution in [0, 0.1) is 0 Å². The van der Waals surface area contributed by atoms with Crippen molar-refractivity contribution < 1.29 is 4.74 Å². The van der Waals surface area contributed by atoms with E-state index < -0.39 is 11.2 Å². The normalized spacial score (nSPS) is 12.3. The Balaban J connectivity index is 2.30. The summed E-state index contributed by atoms with van der Waals surface area (Å²) in [5.41, 5.74) is -0.463. The van der Waals surface area contributed by atoms with E-state index in [1.54, 1.807) is 0 Å². The lowest BCUT2D eigenvalue weighted by molar-refractivity contribution is 0.0486. The quantitative estimate of drug-likeness (QED) is 0.804. The van der Waals surface area contributed by atoms with Crippen LogP contribution in [0.1, 0.15) is 25.8 Å². The van der Waals surface area contributed by atoms with Gasteiger partial charge in [0.1, 0.15) is 0 Å². The zero-order chi connectivity index (χ0) is 15.2. The highest BCUT2D eigenvalue weighted by Crippen LogP contribution is 2.26. The third-order valence-corrected chi connectivity index (χ3v) is 4.11. The highest BCUT2D eigenvalue weighted by Gasteiger charge is 2.12. The van der Waals surface area contributed by atoms with Gasteiger partial charge < -0.3 is 9.72 Å². The average molecular weight is 306 g/mol. The van der Waals surface area contributed by atoms with E-state index in [0.29, 0.717) is 10.6 Å². The summed E-state index contributed by atoms with van der Waals surface area (Å²) in [6, 6.07) is 9.57. The molecule has 0 amide bonds. The number of H-pyrrole nitrogens is 2. The number of ether oxygens (including phenoxy) is 1. The number of hydrogen-bond donors (Lipinski definition) is 2. The van der Waals surface area contributed by atoms with E-state index in [4.69, 9.17) is 4.74 Å². The van der Waals surface area contributed by atoms with E-state index in [9.17, 15) is 9.59 Å². The molecule has 0 aliphatic heterocycles. The molecule has 0 radical (unpaired) electrons. The van der Waals surface area contributed by atoms with Gasteiger partial charge in [-0.05, 0) is 25.5 Å². The Kier molecular flexibility index (Phi) is 5.41. The lowest BCUT2D eigenvalue weighted by atomic mass is 10.3. The molecule has 1 aromatic carbocycles. The van der Waals surface area contributed by atoms with Crippen LogP contribution in [0.5, 0.6) is 0 Å². The Labute approximate surface area is 126 Å². The first kappa shape index (κ1) is 15.6. The van der Waals surface area contributed by atoms with Crippen LogP contribution >= 0.6 is 11.8 Å². The summed E-state index contributed by atoms with van der Waals surface area (Å²) in [6.45, 7) is 4.14. The Hall–Kier alpha value is -1.79. The summed E-state index contributed by atoms with van der Waals surface area (Å²) in [5.74, 6) is 0. The maximum Gasteiger partial charge on any atom is 0.326 e. The molecule has 21 heavy (non-hydrogen) atoms. The third-order valence-electron chi connectivity index (χ3n) is 3.05. The zero-order valence-electron chi connectivity index (χ0n) is 12.0. The van der Waals surface area contributed by atoms with Gasteiger partial charge in [-0.15, -0.1) is 0 Å². The molecule has 1 heterocycles. The van der Waals surface area contributed by atoms with E-state index in [-0.39, 0.29) is 12.7 Å². The summed E-state index contributed by atoms with van der Waals surface area (Å²) in [7, 11) is 0. The molecule has 2 N–H and O–H groups in total. The zero-order valence-corrected chi connectivity index (χ0v) is 12.8. The van der Waals surface area contributed by atoms with Crippen LogP contribution in [0.3, 0.4) is 0 Å². The minimum Gasteiger partial charge on any atom is -0.374 e. The van der Waals surface area contributed by atoms with Crippen LogP contribution in [0.25, 0.3) is 0 Å². The second kappa shape index (κ2) is 7.28. The fraction of sp³-hybridized carbons (Fsp3) is 0.333. The van der Waals surface area contributed by atoms with Crippen LogP contribution < -0.4 is 11.2 Å². The molecule has 5 nitrogen and oxygen atoms in total. The number of nitrogens with one attached hydrogen (secondary N) is 2. The molecule has 2 rings (SSSR count). The minimum absolute atomic E-state index is 0.0610. The van der Waals surface area contributed by atoms with Crippen molar-refractivity contribution in [3.8, 4) is 0 Å². The first-order valence-electron chi connectivity index (χ1n) is 6.80. The molecule has 0 bridgehead atoms. The first-order valence-corrected chi connectivity index (χ1v) is 7.61. The average Bonchev–Trinajstić information content (AvgIpc) is 2.47. The molecule has 0 saturated heterocycles. The lowest BCUT2D eigenvalue weighted by Gasteiger charge is -2.12. The predicted molar refractivity (Wildman–Crippen MR) is 82.8 cm³/mol. The molecular formula is C15H18N2O3S. The summed E-state index contributed by atoms with van der Waals surface area (Å²) in [6.07, 6.45) is 0.925. The van der Waals surface area contributed by atoms with Crippen LogP contribution in [-0.4, -0.2) is 16.1 Å². The van der Waals surface area contributed by atoms with Gasteiger partial charge in [0.2, 0.25) is 0 Å². The number of rotatable bonds is 6. The molecule has 0 aliphatic carbocycles. The van der Waals surface area contributed by atoms with Crippen molar-refractivity contribution in [3.05, 3.63) is 56.7 Å². The summed E-state index contributed by atoms with van der Waals surface area (Å²) < 4.78 is 5.62. The van der Waals surface area contributed by atoms with Crippen molar-refractivity contribution in [2.45, 2.75) is 42.9 Å². The number of aromatic amines is 2. The Bertz CT molecular complexity index is 694. The second-order valence-corrected chi connectivity index (χ2v) is 5.74. The molecular weight excluding hydrogens is 288 g/mol. The van der Waals surface area contributed by atoms with Gasteiger partial charge in [-0.1, -0.05) is 36.9 Å². The van der Waals surface area contributed by atoms with Crippen molar-refractivity contribution in [2.75, 3.05) is 0 Å². The highest BCUT2D eigenvalue weighted by atomic mass is 32.2. The predicted octanol–water partition coefficient (Wildman–Crippen LogP) is 2.53. The fourth-order valence-electron chi connectivity index (χ4n) is 1.66. The number of benzene rings is 1. The molecule has 0 aliphatic rings. The maximum absolute atomic E-state index is 12.0. The van der Waals surface area contributed by atoms with Crippen LogP contribution in [0.2, 0.25) is 0 Å². The molecule has 112 valence electrons. The second-order valence-electron chi connectivity index (χ2n) is 4.66. The van der Waals surface area contributed by atoms with E-state index in [0.717, 1.165) is 11.3 Å². The van der Waals surface area contributed by atoms with E-state index >= 15 is 0 Å². The van der Waals surface area contributed by atoms with Gasteiger partial charge in [-0.25, -0.2) is 4.79 Å². The summed E-state index contributed by atoms with van der Waals surface area (Å²) in [5, 5.41) is 0.526. The van der Waals surface area contributed by atoms with Crippen LogP contribution in [0.15, 0.2) is 49.8 Å². The molecule has 2 aromatic rings. The standard InChI is InChI=1S/C15H18N2O3S/c1-3-10(2)20-9-12-13(18)16-15(19)17-14(12)21-11-7-5-4-6-8-11/h4-8,10H,3,9H2,1-2H3,(H2,16,17,18,19). The molecule has 1 unspecified atom stereocenters. The fourth-order valence-corrected chi connectivity index (χ4v) is 2.61. The van der Waals surface area contributed by atoms with Crippen molar-refractivity contribution >= 4 is 11.8 Å². The van der Waals surface area contributed by atoms with Crippen molar-refractivity contribution in [2.24, 2.45) is 0 Å². The molecule has 0 saturated carbocycles. The van der Waals surface area contributed by atoms with Crippen molar-refractivity contribution in [1.82, 2.24) is 9.97 Å². The van der Waals surface area contributed by atoms with Gasteiger partial charge >= 0.3 is 5.69 Å². The Morgan fingerprint density at radius 1 is 1.19 bits per heavy atom. The lowest BCUT2D eigenvalue weighted by Crippen LogP contribution is -2.27. The monoisotopic (exact) mass is 306 g/mol.